The van der Waals surface area contributed by atoms with Crippen LogP contribution in [0, 0.1) is 13.8 Å². The number of halogens is 1. The van der Waals surface area contributed by atoms with Crippen molar-refractivity contribution in [2.75, 3.05) is 0 Å². The zero-order chi connectivity index (χ0) is 24.5. The molecule has 0 saturated carbocycles. The third-order valence-corrected chi connectivity index (χ3v) is 5.99. The molecule has 7 heteroatoms. The number of nitrogens with one attached hydrogen (secondary N) is 1. The van der Waals surface area contributed by atoms with Gasteiger partial charge in [0.1, 0.15) is 5.60 Å². The summed E-state index contributed by atoms with van der Waals surface area (Å²) in [5, 5.41) is 14.8. The first-order valence-electron chi connectivity index (χ1n) is 11.1. The largest absolute Gasteiger partial charge is 0.384 e. The lowest BCUT2D eigenvalue weighted by atomic mass is 9.99. The Hall–Kier alpha value is -3.35. The fraction of sp³-hybridized carbons (Fsp3) is 0.259. The van der Waals surface area contributed by atoms with Gasteiger partial charge in [-0.2, -0.15) is 0 Å². The average molecular weight is 475 g/mol. The van der Waals surface area contributed by atoms with E-state index < -0.39 is 5.60 Å². The summed E-state index contributed by atoms with van der Waals surface area (Å²) in [5.74, 6) is -0.177. The summed E-state index contributed by atoms with van der Waals surface area (Å²) in [6.45, 7) is 7.62. The van der Waals surface area contributed by atoms with E-state index in [1.54, 1.807) is 32.3 Å². The van der Waals surface area contributed by atoms with Crippen LogP contribution in [0.15, 0.2) is 54.9 Å². The number of rotatable bonds is 6. The van der Waals surface area contributed by atoms with Crippen LogP contribution in [0.25, 0.3) is 10.9 Å². The van der Waals surface area contributed by atoms with Crippen molar-refractivity contribution in [3.63, 3.8) is 0 Å². The smallest absolute Gasteiger partial charge is 0.251 e. The van der Waals surface area contributed by atoms with Crippen LogP contribution in [0.5, 0.6) is 0 Å². The Morgan fingerprint density at radius 3 is 2.62 bits per heavy atom. The molecule has 2 N–H and O–H groups in total. The molecule has 0 aliphatic rings. The Bertz CT molecular complexity index is 1360. The van der Waals surface area contributed by atoms with Crippen LogP contribution in [0.3, 0.4) is 0 Å². The maximum atomic E-state index is 12.9. The van der Waals surface area contributed by atoms with E-state index in [-0.39, 0.29) is 5.91 Å². The molecule has 1 amide bonds. The van der Waals surface area contributed by atoms with E-state index in [0.717, 1.165) is 39.0 Å². The van der Waals surface area contributed by atoms with Crippen LogP contribution in [-0.2, 0) is 18.6 Å². The number of nitrogens with zero attached hydrogens (tertiary/aromatic N) is 3. The number of carbonyl (C=O) groups excluding carboxylic acids is 1. The minimum atomic E-state index is -1.02. The predicted octanol–water partition coefficient (Wildman–Crippen LogP) is 5.04. The number of carbonyl (C=O) groups is 1. The number of hydrogen-bond donors (Lipinski definition) is 2. The Morgan fingerprint density at radius 2 is 1.88 bits per heavy atom. The van der Waals surface area contributed by atoms with E-state index in [9.17, 15) is 9.90 Å². The Morgan fingerprint density at radius 1 is 1.09 bits per heavy atom. The second-order valence-electron chi connectivity index (χ2n) is 9.02. The van der Waals surface area contributed by atoms with Crippen molar-refractivity contribution in [2.45, 2.75) is 46.3 Å². The molecule has 0 saturated heterocycles. The van der Waals surface area contributed by atoms with Gasteiger partial charge in [-0.25, -0.2) is 0 Å². The molecule has 1 aromatic carbocycles. The zero-order valence-corrected chi connectivity index (χ0v) is 20.4. The first-order valence-corrected chi connectivity index (χ1v) is 11.5. The highest BCUT2D eigenvalue weighted by atomic mass is 35.5. The van der Waals surface area contributed by atoms with Crippen molar-refractivity contribution < 1.29 is 9.90 Å². The lowest BCUT2D eigenvalue weighted by molar-refractivity contribution is 0.0735. The quantitative estimate of drug-likeness (QED) is 0.408. The van der Waals surface area contributed by atoms with Gasteiger partial charge in [0.2, 0.25) is 0 Å². The molecule has 4 rings (SSSR count). The van der Waals surface area contributed by atoms with Crippen molar-refractivity contribution in [2.24, 2.45) is 0 Å². The second-order valence-corrected chi connectivity index (χ2v) is 9.46. The number of aromatic nitrogens is 3. The molecule has 3 heterocycles. The minimum Gasteiger partial charge on any atom is -0.384 e. The Balaban J connectivity index is 1.47. The van der Waals surface area contributed by atoms with Gasteiger partial charge in [-0.1, -0.05) is 17.7 Å². The van der Waals surface area contributed by atoms with Crippen molar-refractivity contribution in [3.05, 3.63) is 99.2 Å². The lowest BCUT2D eigenvalue weighted by Crippen LogP contribution is -2.25. The number of aryl methyl sites for hydroxylation is 2. The fourth-order valence-corrected chi connectivity index (χ4v) is 4.07. The number of benzene rings is 1. The third kappa shape index (κ3) is 5.41. The maximum Gasteiger partial charge on any atom is 0.251 e. The average Bonchev–Trinajstić information content (AvgIpc) is 2.77. The van der Waals surface area contributed by atoms with Gasteiger partial charge in [0, 0.05) is 47.7 Å². The van der Waals surface area contributed by atoms with Gasteiger partial charge in [0.05, 0.1) is 16.2 Å². The molecule has 34 heavy (non-hydrogen) atoms. The van der Waals surface area contributed by atoms with Crippen molar-refractivity contribution in [1.29, 1.82) is 0 Å². The van der Waals surface area contributed by atoms with Crippen LogP contribution in [0.1, 0.15) is 58.0 Å². The summed E-state index contributed by atoms with van der Waals surface area (Å²) < 4.78 is 0. The van der Waals surface area contributed by atoms with Crippen LogP contribution >= 0.6 is 11.6 Å². The van der Waals surface area contributed by atoms with Crippen molar-refractivity contribution in [1.82, 2.24) is 20.3 Å². The fourth-order valence-electron chi connectivity index (χ4n) is 3.90. The van der Waals surface area contributed by atoms with Gasteiger partial charge < -0.3 is 10.4 Å². The monoisotopic (exact) mass is 474 g/mol. The summed E-state index contributed by atoms with van der Waals surface area (Å²) >= 11 is 6.07. The second kappa shape index (κ2) is 9.49. The summed E-state index contributed by atoms with van der Waals surface area (Å²) in [4.78, 5) is 26.1. The predicted molar refractivity (Wildman–Crippen MR) is 134 cm³/mol. The third-order valence-electron chi connectivity index (χ3n) is 5.78. The van der Waals surface area contributed by atoms with Crippen LogP contribution in [0.4, 0.5) is 0 Å². The highest BCUT2D eigenvalue weighted by Gasteiger charge is 2.20. The number of aliphatic hydroxyl groups is 1. The van der Waals surface area contributed by atoms with E-state index in [4.69, 9.17) is 11.6 Å². The van der Waals surface area contributed by atoms with Crippen LogP contribution in [0.2, 0.25) is 5.02 Å². The van der Waals surface area contributed by atoms with Gasteiger partial charge in [-0.3, -0.25) is 19.7 Å². The SMILES string of the molecule is Cc1cc(C(C)(C)O)nc(C)c1CNC(=O)c1ccnc(Cc2ccc3ncc(Cl)cc3c2)c1. The summed E-state index contributed by atoms with van der Waals surface area (Å²) in [6.07, 6.45) is 3.87. The standard InChI is InChI=1S/C27H27ClN4O2/c1-16-9-25(27(3,4)34)32-17(2)23(16)15-31-26(33)19-7-8-29-22(13-19)11-18-5-6-24-20(10-18)12-21(28)14-30-24/h5-10,12-14,34H,11,15H2,1-4H3,(H,31,33). The summed E-state index contributed by atoms with van der Waals surface area (Å²) in [7, 11) is 0. The molecule has 174 valence electrons. The molecule has 0 spiro atoms. The normalized spacial score (nSPS) is 11.6. The van der Waals surface area contributed by atoms with E-state index in [2.05, 4.69) is 20.3 Å². The highest BCUT2D eigenvalue weighted by molar-refractivity contribution is 6.31. The first kappa shape index (κ1) is 23.8. The topological polar surface area (TPSA) is 88.0 Å². The zero-order valence-electron chi connectivity index (χ0n) is 19.7. The van der Waals surface area contributed by atoms with E-state index in [0.29, 0.717) is 29.2 Å². The molecule has 0 atom stereocenters. The lowest BCUT2D eigenvalue weighted by Gasteiger charge is -2.20. The molecule has 6 nitrogen and oxygen atoms in total. The Labute approximate surface area is 204 Å². The van der Waals surface area contributed by atoms with E-state index in [1.165, 1.54) is 0 Å². The Kier molecular flexibility index (Phi) is 6.64. The van der Waals surface area contributed by atoms with E-state index in [1.807, 2.05) is 50.2 Å². The summed E-state index contributed by atoms with van der Waals surface area (Å²) in [5.41, 5.74) is 5.60. The first-order chi connectivity index (χ1) is 16.1. The van der Waals surface area contributed by atoms with Crippen molar-refractivity contribution in [3.8, 4) is 0 Å². The van der Waals surface area contributed by atoms with Gasteiger partial charge in [-0.05, 0) is 80.8 Å². The number of fused-ring (bicyclic) bond motifs is 1. The molecule has 4 aromatic rings. The van der Waals surface area contributed by atoms with E-state index >= 15 is 0 Å². The molecule has 0 aliphatic heterocycles. The van der Waals surface area contributed by atoms with Crippen molar-refractivity contribution >= 4 is 28.4 Å². The maximum absolute atomic E-state index is 12.9. The molecule has 0 radical (unpaired) electrons. The number of amides is 1. The minimum absolute atomic E-state index is 0.177. The highest BCUT2D eigenvalue weighted by Crippen LogP contribution is 2.23. The molecular formula is C27H27ClN4O2. The van der Waals surface area contributed by atoms with Crippen LogP contribution in [-0.4, -0.2) is 26.0 Å². The number of pyridine rings is 3. The van der Waals surface area contributed by atoms with Gasteiger partial charge >= 0.3 is 0 Å². The van der Waals surface area contributed by atoms with Gasteiger partial charge in [0.25, 0.3) is 5.91 Å². The molecule has 3 aromatic heterocycles. The molecule has 0 bridgehead atoms. The van der Waals surface area contributed by atoms with Gasteiger partial charge in [-0.15, -0.1) is 0 Å². The molecule has 0 unspecified atom stereocenters. The van der Waals surface area contributed by atoms with Crippen LogP contribution < -0.4 is 5.32 Å². The molecule has 0 aliphatic carbocycles. The van der Waals surface area contributed by atoms with Gasteiger partial charge in [0.15, 0.2) is 0 Å². The molecule has 0 fully saturated rings. The number of hydrogen-bond acceptors (Lipinski definition) is 5. The summed E-state index contributed by atoms with van der Waals surface area (Å²) in [6, 6.07) is 13.3. The molecular weight excluding hydrogens is 448 g/mol.